The van der Waals surface area contributed by atoms with Crippen LogP contribution in [0.5, 0.6) is 0 Å². The average Bonchev–Trinajstić information content (AvgIpc) is 2.69. The molecule has 0 aliphatic carbocycles. The van der Waals surface area contributed by atoms with Crippen LogP contribution in [0.25, 0.3) is 0 Å². The van der Waals surface area contributed by atoms with Gasteiger partial charge in [-0.2, -0.15) is 0 Å². The fourth-order valence-electron chi connectivity index (χ4n) is 1.60. The number of carbonyl (C=O) groups is 1. The lowest BCUT2D eigenvalue weighted by Crippen LogP contribution is -2.37. The Morgan fingerprint density at radius 3 is 2.93 bits per heavy atom. The van der Waals surface area contributed by atoms with Gasteiger partial charge >= 0.3 is 0 Å². The van der Waals surface area contributed by atoms with Crippen LogP contribution in [-0.4, -0.2) is 48.8 Å². The maximum Gasteiger partial charge on any atom is 0.222 e. The first-order chi connectivity index (χ1) is 6.75. The van der Waals surface area contributed by atoms with E-state index >= 15 is 0 Å². The summed E-state index contributed by atoms with van der Waals surface area (Å²) in [5, 5.41) is 8.58. The van der Waals surface area contributed by atoms with Crippen LogP contribution in [0.15, 0.2) is 0 Å². The molecule has 0 spiro atoms. The van der Waals surface area contributed by atoms with E-state index in [1.807, 2.05) is 7.05 Å². The van der Waals surface area contributed by atoms with Crippen molar-refractivity contribution < 1.29 is 14.6 Å². The van der Waals surface area contributed by atoms with Crippen molar-refractivity contribution in [3.05, 3.63) is 0 Å². The van der Waals surface area contributed by atoms with Crippen molar-refractivity contribution in [2.24, 2.45) is 0 Å². The third-order valence-electron chi connectivity index (χ3n) is 2.65. The lowest BCUT2D eigenvalue weighted by Gasteiger charge is -2.23. The van der Waals surface area contributed by atoms with Gasteiger partial charge < -0.3 is 14.7 Å². The number of nitrogens with zero attached hydrogens (tertiary/aromatic N) is 1. The van der Waals surface area contributed by atoms with E-state index in [0.717, 1.165) is 19.4 Å². The third-order valence-corrected chi connectivity index (χ3v) is 2.65. The van der Waals surface area contributed by atoms with Gasteiger partial charge in [0.1, 0.15) is 0 Å². The molecule has 4 heteroatoms. The predicted molar refractivity (Wildman–Crippen MR) is 52.9 cm³/mol. The third kappa shape index (κ3) is 3.27. The Hall–Kier alpha value is -0.610. The number of hydrogen-bond acceptors (Lipinski definition) is 3. The van der Waals surface area contributed by atoms with Crippen LogP contribution in [0.3, 0.4) is 0 Å². The number of rotatable bonds is 5. The standard InChI is InChI=1S/C10H19NO3/c1-11(9-5-7-14-8-9)10(13)4-2-3-6-12/h9,12H,2-8H2,1H3. The monoisotopic (exact) mass is 201 g/mol. The van der Waals surface area contributed by atoms with Crippen LogP contribution < -0.4 is 0 Å². The molecule has 0 aromatic heterocycles. The van der Waals surface area contributed by atoms with Crippen LogP contribution in [0.4, 0.5) is 0 Å². The van der Waals surface area contributed by atoms with E-state index in [9.17, 15) is 4.79 Å². The summed E-state index contributed by atoms with van der Waals surface area (Å²) in [5.41, 5.74) is 0. The molecule has 0 saturated carbocycles. The molecule has 0 radical (unpaired) electrons. The highest BCUT2D eigenvalue weighted by Gasteiger charge is 2.23. The Balaban J connectivity index is 2.21. The summed E-state index contributed by atoms with van der Waals surface area (Å²) in [4.78, 5) is 13.4. The van der Waals surface area contributed by atoms with E-state index in [1.165, 1.54) is 0 Å². The molecular weight excluding hydrogens is 182 g/mol. The number of hydrogen-bond donors (Lipinski definition) is 1. The molecule has 1 saturated heterocycles. The summed E-state index contributed by atoms with van der Waals surface area (Å²) in [6.07, 6.45) is 2.96. The Kier molecular flexibility index (Phi) is 4.90. The van der Waals surface area contributed by atoms with Crippen molar-refractivity contribution in [1.29, 1.82) is 0 Å². The van der Waals surface area contributed by atoms with E-state index in [0.29, 0.717) is 19.4 Å². The van der Waals surface area contributed by atoms with Gasteiger partial charge in [0, 0.05) is 26.7 Å². The Bertz CT molecular complexity index is 178. The molecule has 4 nitrogen and oxygen atoms in total. The fourth-order valence-corrected chi connectivity index (χ4v) is 1.60. The minimum Gasteiger partial charge on any atom is -0.396 e. The first-order valence-electron chi connectivity index (χ1n) is 5.20. The molecule has 1 heterocycles. The Labute approximate surface area is 84.8 Å². The molecule has 14 heavy (non-hydrogen) atoms. The van der Waals surface area contributed by atoms with Gasteiger partial charge in [-0.25, -0.2) is 0 Å². The van der Waals surface area contributed by atoms with Crippen molar-refractivity contribution >= 4 is 5.91 Å². The highest BCUT2D eigenvalue weighted by atomic mass is 16.5. The van der Waals surface area contributed by atoms with E-state index in [-0.39, 0.29) is 18.6 Å². The van der Waals surface area contributed by atoms with Gasteiger partial charge in [0.05, 0.1) is 12.6 Å². The van der Waals surface area contributed by atoms with E-state index < -0.39 is 0 Å². The number of amides is 1. The number of unbranched alkanes of at least 4 members (excludes halogenated alkanes) is 1. The summed E-state index contributed by atoms with van der Waals surface area (Å²) < 4.78 is 5.22. The number of carbonyl (C=O) groups excluding carboxylic acids is 1. The van der Waals surface area contributed by atoms with Crippen LogP contribution in [0.2, 0.25) is 0 Å². The molecule has 1 fully saturated rings. The SMILES string of the molecule is CN(C(=O)CCCCO)C1CCOC1. The first-order valence-corrected chi connectivity index (χ1v) is 5.20. The zero-order valence-corrected chi connectivity index (χ0v) is 8.74. The number of ether oxygens (including phenoxy) is 1. The average molecular weight is 201 g/mol. The van der Waals surface area contributed by atoms with Crippen molar-refractivity contribution in [1.82, 2.24) is 4.90 Å². The van der Waals surface area contributed by atoms with Crippen LogP contribution in [0.1, 0.15) is 25.7 Å². The molecular formula is C10H19NO3. The lowest BCUT2D eigenvalue weighted by atomic mass is 10.2. The second-order valence-electron chi connectivity index (χ2n) is 3.70. The van der Waals surface area contributed by atoms with Gasteiger partial charge in [0.15, 0.2) is 0 Å². The summed E-state index contributed by atoms with van der Waals surface area (Å²) in [6.45, 7) is 1.60. The van der Waals surface area contributed by atoms with Gasteiger partial charge in [-0.15, -0.1) is 0 Å². The summed E-state index contributed by atoms with van der Waals surface area (Å²) in [7, 11) is 1.83. The van der Waals surface area contributed by atoms with Gasteiger partial charge in [0.2, 0.25) is 5.91 Å². The fraction of sp³-hybridized carbons (Fsp3) is 0.900. The molecule has 0 bridgehead atoms. The van der Waals surface area contributed by atoms with Gasteiger partial charge in [-0.3, -0.25) is 4.79 Å². The lowest BCUT2D eigenvalue weighted by molar-refractivity contribution is -0.132. The van der Waals surface area contributed by atoms with Gasteiger partial charge in [-0.1, -0.05) is 0 Å². The predicted octanol–water partition coefficient (Wildman–Crippen LogP) is 0.396. The number of aliphatic hydroxyl groups is 1. The van der Waals surface area contributed by atoms with E-state index in [4.69, 9.17) is 9.84 Å². The van der Waals surface area contributed by atoms with E-state index in [1.54, 1.807) is 4.90 Å². The Morgan fingerprint density at radius 2 is 2.36 bits per heavy atom. The molecule has 1 aliphatic heterocycles. The van der Waals surface area contributed by atoms with Crippen LogP contribution in [-0.2, 0) is 9.53 Å². The van der Waals surface area contributed by atoms with Crippen LogP contribution >= 0.6 is 0 Å². The summed E-state index contributed by atoms with van der Waals surface area (Å²) in [5.74, 6) is 0.161. The zero-order chi connectivity index (χ0) is 10.4. The quantitative estimate of drug-likeness (QED) is 0.655. The van der Waals surface area contributed by atoms with E-state index in [2.05, 4.69) is 0 Å². The molecule has 0 aromatic carbocycles. The molecule has 0 aromatic rings. The van der Waals surface area contributed by atoms with Crippen molar-refractivity contribution in [3.8, 4) is 0 Å². The molecule has 82 valence electrons. The molecule has 1 unspecified atom stereocenters. The highest BCUT2D eigenvalue weighted by Crippen LogP contribution is 2.12. The van der Waals surface area contributed by atoms with Gasteiger partial charge in [-0.05, 0) is 19.3 Å². The second-order valence-corrected chi connectivity index (χ2v) is 3.70. The molecule has 1 aliphatic rings. The number of aliphatic hydroxyl groups excluding tert-OH is 1. The Morgan fingerprint density at radius 1 is 1.57 bits per heavy atom. The van der Waals surface area contributed by atoms with Crippen molar-refractivity contribution in [2.75, 3.05) is 26.9 Å². The summed E-state index contributed by atoms with van der Waals surface area (Å²) in [6, 6.07) is 0.261. The zero-order valence-electron chi connectivity index (χ0n) is 8.74. The van der Waals surface area contributed by atoms with Crippen LogP contribution in [0, 0.1) is 0 Å². The first kappa shape index (κ1) is 11.5. The molecule has 1 N–H and O–H groups in total. The normalized spacial score (nSPS) is 21.1. The van der Waals surface area contributed by atoms with Gasteiger partial charge in [0.25, 0.3) is 0 Å². The smallest absolute Gasteiger partial charge is 0.222 e. The second kappa shape index (κ2) is 5.98. The topological polar surface area (TPSA) is 49.8 Å². The van der Waals surface area contributed by atoms with Crippen molar-refractivity contribution in [3.63, 3.8) is 0 Å². The highest BCUT2D eigenvalue weighted by molar-refractivity contribution is 5.76. The van der Waals surface area contributed by atoms with Crippen molar-refractivity contribution in [2.45, 2.75) is 31.7 Å². The maximum absolute atomic E-state index is 11.6. The minimum atomic E-state index is 0.161. The molecule has 1 amide bonds. The number of likely N-dealkylation sites (N-methyl/N-ethyl adjacent to an activating group) is 1. The molecule has 1 rings (SSSR count). The summed E-state index contributed by atoms with van der Waals surface area (Å²) >= 11 is 0. The molecule has 1 atom stereocenters. The maximum atomic E-state index is 11.6. The largest absolute Gasteiger partial charge is 0.396 e. The minimum absolute atomic E-state index is 0.161.